The summed E-state index contributed by atoms with van der Waals surface area (Å²) < 4.78 is 0. The monoisotopic (exact) mass is 290 g/mol. The Labute approximate surface area is 129 Å². The molecule has 3 nitrogen and oxygen atoms in total. The second-order valence-corrected chi connectivity index (χ2v) is 6.05. The Morgan fingerprint density at radius 2 is 1.86 bits per heavy atom. The molecule has 3 heteroatoms. The molecule has 0 bridgehead atoms. The van der Waals surface area contributed by atoms with Crippen LogP contribution in [-0.2, 0) is 17.8 Å². The zero-order valence-corrected chi connectivity index (χ0v) is 14.6. The van der Waals surface area contributed by atoms with E-state index in [1.807, 2.05) is 35.0 Å². The first-order valence-corrected chi connectivity index (χ1v) is 7.93. The van der Waals surface area contributed by atoms with Crippen LogP contribution in [0, 0.1) is 0 Å². The van der Waals surface area contributed by atoms with Gasteiger partial charge in [-0.05, 0) is 36.1 Å². The number of hydrogen-bond acceptors (Lipinski definition) is 2. The third-order valence-corrected chi connectivity index (χ3v) is 3.99. The van der Waals surface area contributed by atoms with E-state index in [1.54, 1.807) is 4.90 Å². The van der Waals surface area contributed by atoms with Gasteiger partial charge in [-0.15, -0.1) is 0 Å². The lowest BCUT2D eigenvalue weighted by Gasteiger charge is -2.34. The van der Waals surface area contributed by atoms with Crippen LogP contribution in [0.3, 0.4) is 0 Å². The predicted molar refractivity (Wildman–Crippen MR) is 89.5 cm³/mol. The van der Waals surface area contributed by atoms with Gasteiger partial charge in [0.2, 0.25) is 5.91 Å². The third-order valence-electron chi connectivity index (χ3n) is 3.99. The second kappa shape index (κ2) is 7.60. The summed E-state index contributed by atoms with van der Waals surface area (Å²) in [6.45, 7) is 9.29. The van der Waals surface area contributed by atoms with Gasteiger partial charge in [-0.25, -0.2) is 0 Å². The van der Waals surface area contributed by atoms with Crippen molar-refractivity contribution in [3.63, 3.8) is 0 Å². The minimum absolute atomic E-state index is 0.0209. The Balaban J connectivity index is 0.00000106. The van der Waals surface area contributed by atoms with Crippen LogP contribution in [0.5, 0.6) is 0 Å². The van der Waals surface area contributed by atoms with Gasteiger partial charge in [0.05, 0.1) is 6.04 Å². The molecule has 0 saturated heterocycles. The van der Waals surface area contributed by atoms with Crippen LogP contribution in [-0.4, -0.2) is 42.9 Å². The standard InChI is InChI=1S/C16H24N2O.C2H6/c1-11(2)12-6-7-13-9-15(16(19)17(3)4)18(5)10-14(13)8-12;1-2/h6-8,11,15H,9-10H2,1-5H3;1-2H3. The summed E-state index contributed by atoms with van der Waals surface area (Å²) in [5, 5.41) is 0. The van der Waals surface area contributed by atoms with Crippen LogP contribution in [0.2, 0.25) is 0 Å². The minimum atomic E-state index is -0.0209. The Hall–Kier alpha value is -1.35. The summed E-state index contributed by atoms with van der Waals surface area (Å²) in [5.41, 5.74) is 4.07. The van der Waals surface area contributed by atoms with Crippen molar-refractivity contribution in [3.05, 3.63) is 34.9 Å². The van der Waals surface area contributed by atoms with Crippen LogP contribution in [0.4, 0.5) is 0 Å². The van der Waals surface area contributed by atoms with Crippen molar-refractivity contribution in [1.82, 2.24) is 9.80 Å². The molecule has 1 aromatic rings. The van der Waals surface area contributed by atoms with Crippen molar-refractivity contribution in [1.29, 1.82) is 0 Å². The van der Waals surface area contributed by atoms with Gasteiger partial charge in [0.15, 0.2) is 0 Å². The Kier molecular flexibility index (Phi) is 6.41. The number of carbonyl (C=O) groups excluding carboxylic acids is 1. The molecule has 0 saturated carbocycles. The van der Waals surface area contributed by atoms with Crippen LogP contribution in [0.25, 0.3) is 0 Å². The molecule has 118 valence electrons. The number of likely N-dealkylation sites (N-methyl/N-ethyl adjacent to an activating group) is 2. The number of benzene rings is 1. The summed E-state index contributed by atoms with van der Waals surface area (Å²) in [5.74, 6) is 0.748. The van der Waals surface area contributed by atoms with Crippen molar-refractivity contribution >= 4 is 5.91 Å². The number of carbonyl (C=O) groups is 1. The van der Waals surface area contributed by atoms with Crippen molar-refractivity contribution in [2.45, 2.75) is 52.6 Å². The molecule has 0 aromatic heterocycles. The van der Waals surface area contributed by atoms with Gasteiger partial charge in [0, 0.05) is 20.6 Å². The van der Waals surface area contributed by atoms with E-state index in [0.717, 1.165) is 13.0 Å². The van der Waals surface area contributed by atoms with Crippen molar-refractivity contribution in [2.75, 3.05) is 21.1 Å². The fourth-order valence-corrected chi connectivity index (χ4v) is 2.67. The molecular formula is C18H30N2O. The summed E-state index contributed by atoms with van der Waals surface area (Å²) >= 11 is 0. The zero-order chi connectivity index (χ0) is 16.2. The molecule has 1 atom stereocenters. The molecule has 1 aliphatic rings. The van der Waals surface area contributed by atoms with E-state index in [9.17, 15) is 4.79 Å². The highest BCUT2D eigenvalue weighted by molar-refractivity contribution is 5.82. The molecular weight excluding hydrogens is 260 g/mol. The van der Waals surface area contributed by atoms with Gasteiger partial charge >= 0.3 is 0 Å². The number of fused-ring (bicyclic) bond motifs is 1. The first kappa shape index (κ1) is 17.7. The molecule has 1 unspecified atom stereocenters. The largest absolute Gasteiger partial charge is 0.347 e. The minimum Gasteiger partial charge on any atom is -0.347 e. The second-order valence-electron chi connectivity index (χ2n) is 6.05. The summed E-state index contributed by atoms with van der Waals surface area (Å²) in [4.78, 5) is 16.0. The molecule has 2 rings (SSSR count). The van der Waals surface area contributed by atoms with Gasteiger partial charge in [-0.1, -0.05) is 45.9 Å². The number of nitrogens with zero attached hydrogens (tertiary/aromatic N) is 2. The van der Waals surface area contributed by atoms with E-state index in [1.165, 1.54) is 16.7 Å². The van der Waals surface area contributed by atoms with Gasteiger partial charge in [-0.3, -0.25) is 9.69 Å². The maximum atomic E-state index is 12.2. The van der Waals surface area contributed by atoms with E-state index in [0.29, 0.717) is 5.92 Å². The third kappa shape index (κ3) is 4.07. The van der Waals surface area contributed by atoms with Crippen molar-refractivity contribution in [3.8, 4) is 0 Å². The van der Waals surface area contributed by atoms with Crippen LogP contribution >= 0.6 is 0 Å². The van der Waals surface area contributed by atoms with E-state index in [-0.39, 0.29) is 11.9 Å². The highest BCUT2D eigenvalue weighted by Gasteiger charge is 2.30. The van der Waals surface area contributed by atoms with E-state index in [2.05, 4.69) is 36.9 Å². The molecule has 21 heavy (non-hydrogen) atoms. The average molecular weight is 290 g/mol. The highest BCUT2D eigenvalue weighted by Crippen LogP contribution is 2.26. The number of amides is 1. The average Bonchev–Trinajstić information content (AvgIpc) is 2.47. The van der Waals surface area contributed by atoms with Crippen molar-refractivity contribution < 1.29 is 4.79 Å². The van der Waals surface area contributed by atoms with Crippen LogP contribution in [0.15, 0.2) is 18.2 Å². The summed E-state index contributed by atoms with van der Waals surface area (Å²) in [6, 6.07) is 6.68. The van der Waals surface area contributed by atoms with Gasteiger partial charge in [0.25, 0.3) is 0 Å². The van der Waals surface area contributed by atoms with Crippen LogP contribution < -0.4 is 0 Å². The molecule has 0 aliphatic carbocycles. The lowest BCUT2D eigenvalue weighted by atomic mass is 9.90. The molecule has 0 spiro atoms. The predicted octanol–water partition coefficient (Wildman–Crippen LogP) is 3.28. The topological polar surface area (TPSA) is 23.6 Å². The summed E-state index contributed by atoms with van der Waals surface area (Å²) in [6.07, 6.45) is 0.821. The fourth-order valence-electron chi connectivity index (χ4n) is 2.67. The highest BCUT2D eigenvalue weighted by atomic mass is 16.2. The molecule has 1 aromatic carbocycles. The van der Waals surface area contributed by atoms with Crippen molar-refractivity contribution in [2.24, 2.45) is 0 Å². The van der Waals surface area contributed by atoms with E-state index in [4.69, 9.17) is 0 Å². The normalized spacial score (nSPS) is 17.8. The molecule has 0 radical (unpaired) electrons. The lowest BCUT2D eigenvalue weighted by Crippen LogP contribution is -2.48. The first-order chi connectivity index (χ1) is 9.90. The Morgan fingerprint density at radius 3 is 2.38 bits per heavy atom. The number of rotatable bonds is 2. The molecule has 1 heterocycles. The maximum Gasteiger partial charge on any atom is 0.239 e. The van der Waals surface area contributed by atoms with Gasteiger partial charge < -0.3 is 4.90 Å². The first-order valence-electron chi connectivity index (χ1n) is 7.93. The maximum absolute atomic E-state index is 12.2. The van der Waals surface area contributed by atoms with Gasteiger partial charge in [-0.2, -0.15) is 0 Å². The molecule has 0 N–H and O–H groups in total. The SMILES string of the molecule is CC.CC(C)c1ccc2c(c1)CN(C)C(C(=O)N(C)C)C2. The summed E-state index contributed by atoms with van der Waals surface area (Å²) in [7, 11) is 5.69. The van der Waals surface area contributed by atoms with Crippen LogP contribution in [0.1, 0.15) is 50.3 Å². The molecule has 0 fully saturated rings. The lowest BCUT2D eigenvalue weighted by molar-refractivity contribution is -0.134. The molecule has 1 amide bonds. The Bertz CT molecular complexity index is 480. The quantitative estimate of drug-likeness (QED) is 0.834. The van der Waals surface area contributed by atoms with Gasteiger partial charge in [0.1, 0.15) is 0 Å². The fraction of sp³-hybridized carbons (Fsp3) is 0.611. The number of hydrogen-bond donors (Lipinski definition) is 0. The smallest absolute Gasteiger partial charge is 0.239 e. The van der Waals surface area contributed by atoms with E-state index < -0.39 is 0 Å². The Morgan fingerprint density at radius 1 is 1.24 bits per heavy atom. The molecule has 1 aliphatic heterocycles. The van der Waals surface area contributed by atoms with E-state index >= 15 is 0 Å². The zero-order valence-electron chi connectivity index (χ0n) is 14.6.